The Balaban J connectivity index is 1.45. The van der Waals surface area contributed by atoms with Gasteiger partial charge in [-0.1, -0.05) is 35.4 Å². The highest BCUT2D eigenvalue weighted by Crippen LogP contribution is 2.52. The lowest BCUT2D eigenvalue weighted by Crippen LogP contribution is -2.28. The number of imide groups is 1. The SMILES string of the molecule is CC(C)OC(=O)COc1c(Cl)cc(C=NN2C(=O)C3C4C=CC(C4)C3C2=O)cc1Cl. The van der Waals surface area contributed by atoms with Crippen LogP contribution in [-0.4, -0.2) is 41.7 Å². The van der Waals surface area contributed by atoms with Gasteiger partial charge in [0.25, 0.3) is 11.8 Å². The molecule has 9 heteroatoms. The number of fused-ring (bicyclic) bond motifs is 5. The second kappa shape index (κ2) is 8.04. The summed E-state index contributed by atoms with van der Waals surface area (Å²) in [5, 5.41) is 5.39. The Morgan fingerprint density at radius 3 is 2.27 bits per heavy atom. The third kappa shape index (κ3) is 3.72. The van der Waals surface area contributed by atoms with E-state index >= 15 is 0 Å². The maximum atomic E-state index is 12.7. The molecular weight excluding hydrogens is 431 g/mol. The van der Waals surface area contributed by atoms with Gasteiger partial charge in [0, 0.05) is 0 Å². The highest BCUT2D eigenvalue weighted by molar-refractivity contribution is 6.37. The smallest absolute Gasteiger partial charge is 0.344 e. The molecule has 0 aromatic heterocycles. The summed E-state index contributed by atoms with van der Waals surface area (Å²) in [5.41, 5.74) is 0.487. The summed E-state index contributed by atoms with van der Waals surface area (Å²) >= 11 is 12.4. The minimum Gasteiger partial charge on any atom is -0.479 e. The Kier molecular flexibility index (Phi) is 5.59. The molecule has 1 saturated heterocycles. The normalized spacial score (nSPS) is 26.9. The number of ether oxygens (including phenoxy) is 2. The Hall–Kier alpha value is -2.38. The Morgan fingerprint density at radius 1 is 1.17 bits per heavy atom. The summed E-state index contributed by atoms with van der Waals surface area (Å²) in [7, 11) is 0. The van der Waals surface area contributed by atoms with Gasteiger partial charge in [0.2, 0.25) is 0 Å². The first-order chi connectivity index (χ1) is 14.3. The van der Waals surface area contributed by atoms with E-state index in [0.717, 1.165) is 11.4 Å². The summed E-state index contributed by atoms with van der Waals surface area (Å²) in [6.07, 6.45) is 6.02. The molecule has 30 heavy (non-hydrogen) atoms. The number of hydrogen-bond donors (Lipinski definition) is 0. The van der Waals surface area contributed by atoms with Crippen molar-refractivity contribution in [2.75, 3.05) is 6.61 Å². The summed E-state index contributed by atoms with van der Waals surface area (Å²) in [6, 6.07) is 3.05. The minimum atomic E-state index is -0.539. The van der Waals surface area contributed by atoms with Crippen LogP contribution in [0.15, 0.2) is 29.4 Å². The summed E-state index contributed by atoms with van der Waals surface area (Å²) in [5.74, 6) is -1.29. The van der Waals surface area contributed by atoms with Gasteiger partial charge in [-0.05, 0) is 49.8 Å². The molecule has 0 radical (unpaired) electrons. The van der Waals surface area contributed by atoms with Crippen LogP contribution in [0.2, 0.25) is 10.0 Å². The fourth-order valence-corrected chi connectivity index (χ4v) is 4.96. The topological polar surface area (TPSA) is 85.3 Å². The number of allylic oxidation sites excluding steroid dienone is 2. The molecule has 2 fully saturated rings. The molecule has 1 aromatic carbocycles. The van der Waals surface area contributed by atoms with Gasteiger partial charge < -0.3 is 9.47 Å². The predicted octanol–water partition coefficient (Wildman–Crippen LogP) is 3.46. The van der Waals surface area contributed by atoms with Gasteiger partial charge in [-0.2, -0.15) is 10.1 Å². The molecule has 4 atom stereocenters. The Labute approximate surface area is 183 Å². The van der Waals surface area contributed by atoms with Crippen LogP contribution in [0.25, 0.3) is 0 Å². The van der Waals surface area contributed by atoms with Gasteiger partial charge in [0.05, 0.1) is 34.2 Å². The molecular formula is C21H20Cl2N2O5. The number of esters is 1. The molecule has 4 rings (SSSR count). The van der Waals surface area contributed by atoms with Crippen molar-refractivity contribution < 1.29 is 23.9 Å². The first-order valence-corrected chi connectivity index (χ1v) is 10.4. The maximum absolute atomic E-state index is 12.7. The zero-order valence-corrected chi connectivity index (χ0v) is 17.9. The number of hydrazone groups is 1. The quantitative estimate of drug-likeness (QED) is 0.286. The van der Waals surface area contributed by atoms with Crippen molar-refractivity contribution in [3.05, 3.63) is 39.9 Å². The van der Waals surface area contributed by atoms with Crippen molar-refractivity contribution in [2.24, 2.45) is 28.8 Å². The second-order valence-corrected chi connectivity index (χ2v) is 8.69. The summed E-state index contributed by atoms with van der Waals surface area (Å²) in [4.78, 5) is 37.0. The Morgan fingerprint density at radius 2 is 1.73 bits per heavy atom. The van der Waals surface area contributed by atoms with Gasteiger partial charge in [-0.3, -0.25) is 9.59 Å². The van der Waals surface area contributed by atoms with Crippen LogP contribution >= 0.6 is 23.2 Å². The van der Waals surface area contributed by atoms with Crippen molar-refractivity contribution in [3.63, 3.8) is 0 Å². The van der Waals surface area contributed by atoms with E-state index in [9.17, 15) is 14.4 Å². The molecule has 1 aromatic rings. The van der Waals surface area contributed by atoms with Gasteiger partial charge in [-0.25, -0.2) is 4.79 Å². The lowest BCUT2D eigenvalue weighted by atomic mass is 9.85. The lowest BCUT2D eigenvalue weighted by Gasteiger charge is -2.13. The lowest BCUT2D eigenvalue weighted by molar-refractivity contribution is -0.149. The van der Waals surface area contributed by atoms with Crippen LogP contribution in [0.1, 0.15) is 25.8 Å². The fraction of sp³-hybridized carbons (Fsp3) is 0.429. The van der Waals surface area contributed by atoms with Gasteiger partial charge >= 0.3 is 5.97 Å². The van der Waals surface area contributed by atoms with E-state index in [1.54, 1.807) is 13.8 Å². The van der Waals surface area contributed by atoms with Crippen LogP contribution in [0.3, 0.4) is 0 Å². The van der Waals surface area contributed by atoms with E-state index in [1.165, 1.54) is 18.3 Å². The van der Waals surface area contributed by atoms with Crippen molar-refractivity contribution in [1.82, 2.24) is 5.01 Å². The van der Waals surface area contributed by atoms with Gasteiger partial charge in [0.1, 0.15) is 0 Å². The molecule has 0 N–H and O–H groups in total. The van der Waals surface area contributed by atoms with Crippen LogP contribution in [0.4, 0.5) is 0 Å². The molecule has 1 saturated carbocycles. The first-order valence-electron chi connectivity index (χ1n) is 9.67. The second-order valence-electron chi connectivity index (χ2n) is 7.87. The maximum Gasteiger partial charge on any atom is 0.344 e. The van der Waals surface area contributed by atoms with E-state index in [-0.39, 0.29) is 64.0 Å². The highest BCUT2D eigenvalue weighted by atomic mass is 35.5. The third-order valence-electron chi connectivity index (χ3n) is 5.49. The van der Waals surface area contributed by atoms with Gasteiger partial charge in [-0.15, -0.1) is 0 Å². The van der Waals surface area contributed by atoms with E-state index in [2.05, 4.69) is 5.10 Å². The van der Waals surface area contributed by atoms with E-state index in [1.807, 2.05) is 12.2 Å². The molecule has 0 spiro atoms. The van der Waals surface area contributed by atoms with E-state index < -0.39 is 5.97 Å². The first kappa shape index (κ1) is 20.9. The van der Waals surface area contributed by atoms with Crippen molar-refractivity contribution in [1.29, 1.82) is 0 Å². The molecule has 158 valence electrons. The van der Waals surface area contributed by atoms with Crippen LogP contribution in [0.5, 0.6) is 5.75 Å². The molecule has 7 nitrogen and oxygen atoms in total. The molecule has 4 unspecified atom stereocenters. The third-order valence-corrected chi connectivity index (χ3v) is 6.05. The molecule has 2 bridgehead atoms. The Bertz CT molecular complexity index is 921. The van der Waals surface area contributed by atoms with Gasteiger partial charge in [0.15, 0.2) is 12.4 Å². The number of amides is 2. The number of halogens is 2. The zero-order valence-electron chi connectivity index (χ0n) is 16.4. The molecule has 2 amide bonds. The largest absolute Gasteiger partial charge is 0.479 e. The van der Waals surface area contributed by atoms with E-state index in [4.69, 9.17) is 32.7 Å². The monoisotopic (exact) mass is 450 g/mol. The predicted molar refractivity (Wildman–Crippen MR) is 110 cm³/mol. The van der Waals surface area contributed by atoms with Crippen molar-refractivity contribution >= 4 is 47.2 Å². The summed E-state index contributed by atoms with van der Waals surface area (Å²) < 4.78 is 10.4. The summed E-state index contributed by atoms with van der Waals surface area (Å²) in [6.45, 7) is 3.13. The number of rotatable bonds is 6. The number of nitrogens with zero attached hydrogens (tertiary/aromatic N) is 2. The average Bonchev–Trinajstić information content (AvgIpc) is 3.33. The highest BCUT2D eigenvalue weighted by Gasteiger charge is 2.59. The standard InChI is InChI=1S/C21H20Cl2N2O5/c1-10(2)30-16(26)9-29-19-14(22)5-11(6-15(19)23)8-24-25-20(27)17-12-3-4-13(7-12)18(17)21(25)28/h3-6,8,10,12-13,17-18H,7,9H2,1-2H3. The number of benzene rings is 1. The van der Waals surface area contributed by atoms with Crippen molar-refractivity contribution in [2.45, 2.75) is 26.4 Å². The zero-order chi connectivity index (χ0) is 21.6. The van der Waals surface area contributed by atoms with Crippen LogP contribution in [-0.2, 0) is 19.1 Å². The van der Waals surface area contributed by atoms with E-state index in [0.29, 0.717) is 5.56 Å². The molecule has 2 aliphatic carbocycles. The molecule has 1 heterocycles. The number of carbonyl (C=O) groups is 3. The van der Waals surface area contributed by atoms with Crippen LogP contribution < -0.4 is 4.74 Å². The van der Waals surface area contributed by atoms with Crippen molar-refractivity contribution in [3.8, 4) is 5.75 Å². The average molecular weight is 451 g/mol. The molecule has 1 aliphatic heterocycles. The number of carbonyl (C=O) groups excluding carboxylic acids is 3. The minimum absolute atomic E-state index is 0.124. The number of hydrogen-bond acceptors (Lipinski definition) is 6. The van der Waals surface area contributed by atoms with Crippen LogP contribution in [0, 0.1) is 23.7 Å². The fourth-order valence-electron chi connectivity index (χ4n) is 4.34. The molecule has 3 aliphatic rings.